The third kappa shape index (κ3) is 2.87. The van der Waals surface area contributed by atoms with Gasteiger partial charge in [0.1, 0.15) is 5.76 Å². The molecule has 3 rings (SSSR count). The molecule has 1 aromatic carbocycles. The number of rotatable bonds is 4. The largest absolute Gasteiger partial charge is 0.469 e. The number of nitrogens with zero attached hydrogens (tertiary/aromatic N) is 3. The molecule has 6 heteroatoms. The average Bonchev–Trinajstić information content (AvgIpc) is 3.02. The van der Waals surface area contributed by atoms with Crippen LogP contribution in [-0.4, -0.2) is 14.9 Å². The number of aryl methyl sites for hydroxylation is 3. The summed E-state index contributed by atoms with van der Waals surface area (Å²) in [5, 5.41) is 9.05. The summed E-state index contributed by atoms with van der Waals surface area (Å²) in [5.74, 6) is 8.33. The van der Waals surface area contributed by atoms with Crippen LogP contribution in [0.15, 0.2) is 40.1 Å². The lowest BCUT2D eigenvalue weighted by atomic mass is 10.1. The Morgan fingerprint density at radius 3 is 2.50 bits per heavy atom. The summed E-state index contributed by atoms with van der Waals surface area (Å²) in [6, 6.07) is 8.37. The minimum atomic E-state index is 0.620. The Morgan fingerprint density at radius 2 is 1.86 bits per heavy atom. The fourth-order valence-electron chi connectivity index (χ4n) is 2.48. The number of aromatic nitrogens is 3. The Morgan fingerprint density at radius 1 is 1.14 bits per heavy atom. The van der Waals surface area contributed by atoms with Gasteiger partial charge in [-0.15, -0.1) is 10.2 Å². The molecule has 3 aromatic rings. The first-order valence-corrected chi connectivity index (χ1v) is 7.98. The van der Waals surface area contributed by atoms with Gasteiger partial charge in [-0.2, -0.15) is 0 Å². The van der Waals surface area contributed by atoms with Gasteiger partial charge in [0.15, 0.2) is 5.82 Å². The molecular weight excluding hydrogens is 296 g/mol. The van der Waals surface area contributed by atoms with E-state index in [9.17, 15) is 0 Å². The quantitative estimate of drug-likeness (QED) is 0.590. The Hall–Kier alpha value is -2.21. The first kappa shape index (κ1) is 14.7. The Labute approximate surface area is 133 Å². The van der Waals surface area contributed by atoms with Crippen LogP contribution in [0.2, 0.25) is 0 Å². The van der Waals surface area contributed by atoms with E-state index in [1.165, 1.54) is 21.4 Å². The van der Waals surface area contributed by atoms with Gasteiger partial charge >= 0.3 is 0 Å². The topological polar surface area (TPSA) is 69.9 Å². The number of benzene rings is 1. The SMILES string of the molecule is Cc1cc(C)cc(CSc2nnc(-c3ccoc3C)n2N)c1. The maximum absolute atomic E-state index is 6.12. The van der Waals surface area contributed by atoms with E-state index >= 15 is 0 Å². The molecule has 2 N–H and O–H groups in total. The molecule has 0 aliphatic heterocycles. The fraction of sp³-hybridized carbons (Fsp3) is 0.250. The van der Waals surface area contributed by atoms with E-state index in [0.29, 0.717) is 11.0 Å². The van der Waals surface area contributed by atoms with Crippen molar-refractivity contribution in [2.75, 3.05) is 5.84 Å². The predicted octanol–water partition coefficient (Wildman–Crippen LogP) is 3.47. The zero-order valence-electron chi connectivity index (χ0n) is 12.8. The lowest BCUT2D eigenvalue weighted by Crippen LogP contribution is -2.11. The molecule has 0 radical (unpaired) electrons. The first-order valence-electron chi connectivity index (χ1n) is 6.99. The molecule has 0 saturated heterocycles. The van der Waals surface area contributed by atoms with Crippen molar-refractivity contribution in [2.24, 2.45) is 0 Å². The monoisotopic (exact) mass is 314 g/mol. The molecule has 0 saturated carbocycles. The second kappa shape index (κ2) is 5.88. The van der Waals surface area contributed by atoms with Crippen LogP contribution in [0.25, 0.3) is 11.4 Å². The summed E-state index contributed by atoms with van der Waals surface area (Å²) in [6.07, 6.45) is 1.63. The zero-order valence-corrected chi connectivity index (χ0v) is 13.6. The molecular formula is C16H18N4OS. The van der Waals surface area contributed by atoms with E-state index in [1.54, 1.807) is 18.0 Å². The maximum atomic E-state index is 6.12. The van der Waals surface area contributed by atoms with Crippen LogP contribution in [0.3, 0.4) is 0 Å². The summed E-state index contributed by atoms with van der Waals surface area (Å²) in [4.78, 5) is 0. The molecule has 0 fully saturated rings. The van der Waals surface area contributed by atoms with Crippen LogP contribution < -0.4 is 5.84 Å². The maximum Gasteiger partial charge on any atom is 0.210 e. The van der Waals surface area contributed by atoms with Crippen molar-refractivity contribution in [3.63, 3.8) is 0 Å². The van der Waals surface area contributed by atoms with Crippen molar-refractivity contribution in [3.05, 3.63) is 53.0 Å². The molecule has 2 aromatic heterocycles. The van der Waals surface area contributed by atoms with Crippen LogP contribution in [0, 0.1) is 20.8 Å². The molecule has 0 unspecified atom stereocenters. The minimum absolute atomic E-state index is 0.620. The number of nitrogen functional groups attached to an aromatic ring is 1. The summed E-state index contributed by atoms with van der Waals surface area (Å²) in [5.41, 5.74) is 4.65. The van der Waals surface area contributed by atoms with Crippen molar-refractivity contribution in [2.45, 2.75) is 31.7 Å². The van der Waals surface area contributed by atoms with Crippen LogP contribution in [0.5, 0.6) is 0 Å². The first-order chi connectivity index (χ1) is 10.5. The van der Waals surface area contributed by atoms with Gasteiger partial charge in [0.2, 0.25) is 5.16 Å². The number of furan rings is 1. The second-order valence-corrected chi connectivity index (χ2v) is 6.29. The highest BCUT2D eigenvalue weighted by Gasteiger charge is 2.15. The Bertz CT molecular complexity index is 786. The van der Waals surface area contributed by atoms with Crippen LogP contribution in [0.4, 0.5) is 0 Å². The average molecular weight is 314 g/mol. The molecule has 0 aliphatic rings. The Balaban J connectivity index is 1.79. The van der Waals surface area contributed by atoms with Crippen LogP contribution in [-0.2, 0) is 5.75 Å². The van der Waals surface area contributed by atoms with Crippen molar-refractivity contribution in [3.8, 4) is 11.4 Å². The lowest BCUT2D eigenvalue weighted by molar-refractivity contribution is 0.535. The van der Waals surface area contributed by atoms with Crippen LogP contribution in [0.1, 0.15) is 22.5 Å². The molecule has 0 amide bonds. The minimum Gasteiger partial charge on any atom is -0.469 e. The van der Waals surface area contributed by atoms with Gasteiger partial charge in [-0.3, -0.25) is 0 Å². The van der Waals surface area contributed by atoms with Gasteiger partial charge in [0.25, 0.3) is 0 Å². The third-order valence-corrected chi connectivity index (χ3v) is 4.43. The van der Waals surface area contributed by atoms with Gasteiger partial charge in [-0.05, 0) is 32.4 Å². The highest BCUT2D eigenvalue weighted by Crippen LogP contribution is 2.27. The highest BCUT2D eigenvalue weighted by atomic mass is 32.2. The van der Waals surface area contributed by atoms with Gasteiger partial charge < -0.3 is 10.3 Å². The summed E-state index contributed by atoms with van der Waals surface area (Å²) in [6.45, 7) is 6.09. The van der Waals surface area contributed by atoms with Crippen molar-refractivity contribution in [1.29, 1.82) is 0 Å². The highest BCUT2D eigenvalue weighted by molar-refractivity contribution is 7.98. The molecule has 0 bridgehead atoms. The van der Waals surface area contributed by atoms with Crippen LogP contribution >= 0.6 is 11.8 Å². The standard InChI is InChI=1S/C16H18N4OS/c1-10-6-11(2)8-13(7-10)9-22-16-19-18-15(20(16)17)14-4-5-21-12(14)3/h4-8H,9,17H2,1-3H3. The van der Waals surface area contributed by atoms with Crippen molar-refractivity contribution < 1.29 is 4.42 Å². The van der Waals surface area contributed by atoms with E-state index in [0.717, 1.165) is 17.1 Å². The third-order valence-electron chi connectivity index (χ3n) is 3.41. The second-order valence-electron chi connectivity index (χ2n) is 5.35. The summed E-state index contributed by atoms with van der Waals surface area (Å²) in [7, 11) is 0. The number of thioether (sulfide) groups is 1. The molecule has 0 aliphatic carbocycles. The van der Waals surface area contributed by atoms with Crippen molar-refractivity contribution >= 4 is 11.8 Å². The van der Waals surface area contributed by atoms with Gasteiger partial charge in [-0.25, -0.2) is 4.68 Å². The van der Waals surface area contributed by atoms with E-state index in [2.05, 4.69) is 42.2 Å². The molecule has 22 heavy (non-hydrogen) atoms. The predicted molar refractivity (Wildman–Crippen MR) is 88.1 cm³/mol. The fourth-order valence-corrected chi connectivity index (χ4v) is 3.26. The van der Waals surface area contributed by atoms with E-state index in [4.69, 9.17) is 10.3 Å². The molecule has 0 spiro atoms. The number of nitrogens with two attached hydrogens (primary N) is 1. The lowest BCUT2D eigenvalue weighted by Gasteiger charge is -2.05. The Kier molecular flexibility index (Phi) is 3.94. The van der Waals surface area contributed by atoms with E-state index in [-0.39, 0.29) is 0 Å². The normalized spacial score (nSPS) is 11.0. The summed E-state index contributed by atoms with van der Waals surface area (Å²) >= 11 is 1.58. The number of hydrogen-bond acceptors (Lipinski definition) is 5. The zero-order chi connectivity index (χ0) is 15.7. The van der Waals surface area contributed by atoms with Gasteiger partial charge in [0, 0.05) is 5.75 Å². The van der Waals surface area contributed by atoms with E-state index < -0.39 is 0 Å². The van der Waals surface area contributed by atoms with Crippen molar-refractivity contribution in [1.82, 2.24) is 14.9 Å². The smallest absolute Gasteiger partial charge is 0.210 e. The molecule has 2 heterocycles. The molecule has 0 atom stereocenters. The van der Waals surface area contributed by atoms with Gasteiger partial charge in [-0.1, -0.05) is 41.1 Å². The van der Waals surface area contributed by atoms with Gasteiger partial charge in [0.05, 0.1) is 11.8 Å². The molecule has 114 valence electrons. The molecule has 5 nitrogen and oxygen atoms in total. The summed E-state index contributed by atoms with van der Waals surface area (Å²) < 4.78 is 6.81. The van der Waals surface area contributed by atoms with E-state index in [1.807, 2.05) is 13.0 Å². The number of hydrogen-bond donors (Lipinski definition) is 1.